The fourth-order valence-corrected chi connectivity index (χ4v) is 2.84. The van der Waals surface area contributed by atoms with Crippen LogP contribution >= 0.6 is 0 Å². The number of nitrogens with zero attached hydrogens (tertiary/aromatic N) is 1. The quantitative estimate of drug-likeness (QED) is 0.838. The Kier molecular flexibility index (Phi) is 6.71. The highest BCUT2D eigenvalue weighted by Gasteiger charge is 2.18. The van der Waals surface area contributed by atoms with E-state index in [2.05, 4.69) is 18.3 Å². The number of ether oxygens (including phenoxy) is 2. The molecule has 1 heterocycles. The molecule has 0 aromatic heterocycles. The summed E-state index contributed by atoms with van der Waals surface area (Å²) in [7, 11) is 1.65. The third-order valence-corrected chi connectivity index (χ3v) is 4.32. The first-order valence-electron chi connectivity index (χ1n) is 8.45. The van der Waals surface area contributed by atoms with Gasteiger partial charge in [0.1, 0.15) is 0 Å². The molecule has 0 spiro atoms. The van der Waals surface area contributed by atoms with Crippen molar-refractivity contribution >= 4 is 5.91 Å². The maximum absolute atomic E-state index is 12.2. The number of nitrogens with one attached hydrogen (secondary N) is 1. The summed E-state index contributed by atoms with van der Waals surface area (Å²) in [6.45, 7) is 8.17. The van der Waals surface area contributed by atoms with Gasteiger partial charge in [0.25, 0.3) is 0 Å². The molecule has 1 aliphatic rings. The van der Waals surface area contributed by atoms with E-state index < -0.39 is 0 Å². The van der Waals surface area contributed by atoms with Gasteiger partial charge in [-0.2, -0.15) is 0 Å². The highest BCUT2D eigenvalue weighted by molar-refractivity contribution is 5.76. The third kappa shape index (κ3) is 4.86. The molecule has 1 N–H and O–H groups in total. The molecule has 0 bridgehead atoms. The third-order valence-electron chi connectivity index (χ3n) is 4.32. The van der Waals surface area contributed by atoms with Crippen LogP contribution in [0.2, 0.25) is 0 Å². The summed E-state index contributed by atoms with van der Waals surface area (Å²) < 4.78 is 11.0. The van der Waals surface area contributed by atoms with Crippen molar-refractivity contribution < 1.29 is 14.3 Å². The molecular formula is C18H28N2O3. The van der Waals surface area contributed by atoms with Gasteiger partial charge in [-0.05, 0) is 37.0 Å². The number of piperazine rings is 1. The van der Waals surface area contributed by atoms with Gasteiger partial charge in [-0.3, -0.25) is 4.79 Å². The van der Waals surface area contributed by atoms with Crippen LogP contribution in [0, 0.1) is 0 Å². The second-order valence-corrected chi connectivity index (χ2v) is 5.91. The molecule has 1 amide bonds. The van der Waals surface area contributed by atoms with E-state index in [4.69, 9.17) is 9.47 Å². The van der Waals surface area contributed by atoms with Gasteiger partial charge in [-0.1, -0.05) is 13.0 Å². The summed E-state index contributed by atoms with van der Waals surface area (Å²) in [6.07, 6.45) is 1.44. The van der Waals surface area contributed by atoms with Crippen LogP contribution < -0.4 is 14.8 Å². The summed E-state index contributed by atoms with van der Waals surface area (Å²) in [5, 5.41) is 3.27. The van der Waals surface area contributed by atoms with Crippen molar-refractivity contribution in [3.63, 3.8) is 0 Å². The Morgan fingerprint density at radius 2 is 2.04 bits per heavy atom. The SMILES string of the molecule is CCOc1ccc(C(C)CCC(=O)N2CCNCC2)cc1OC. The number of benzene rings is 1. The molecule has 1 atom stereocenters. The standard InChI is InChI=1S/C18H28N2O3/c1-4-23-16-7-6-15(13-17(16)22-3)14(2)5-8-18(21)20-11-9-19-10-12-20/h6-7,13-14,19H,4-5,8-12H2,1-3H3. The van der Waals surface area contributed by atoms with Gasteiger partial charge in [-0.15, -0.1) is 0 Å². The maximum atomic E-state index is 12.2. The van der Waals surface area contributed by atoms with Gasteiger partial charge in [0, 0.05) is 32.6 Å². The van der Waals surface area contributed by atoms with Crippen LogP contribution in [0.1, 0.15) is 38.2 Å². The van der Waals surface area contributed by atoms with Crippen LogP contribution in [0.25, 0.3) is 0 Å². The summed E-state index contributed by atoms with van der Waals surface area (Å²) in [4.78, 5) is 14.2. The molecule has 1 aromatic rings. The lowest BCUT2D eigenvalue weighted by Crippen LogP contribution is -2.46. The minimum atomic E-state index is 0.260. The van der Waals surface area contributed by atoms with Gasteiger partial charge in [0.05, 0.1) is 13.7 Å². The van der Waals surface area contributed by atoms with Gasteiger partial charge in [0.15, 0.2) is 11.5 Å². The molecule has 1 fully saturated rings. The zero-order chi connectivity index (χ0) is 16.7. The predicted octanol–water partition coefficient (Wildman–Crippen LogP) is 2.41. The van der Waals surface area contributed by atoms with Gasteiger partial charge in [0.2, 0.25) is 5.91 Å². The number of hydrogen-bond acceptors (Lipinski definition) is 4. The Bertz CT molecular complexity index is 513. The molecule has 1 unspecified atom stereocenters. The van der Waals surface area contributed by atoms with Crippen molar-refractivity contribution in [2.24, 2.45) is 0 Å². The van der Waals surface area contributed by atoms with E-state index >= 15 is 0 Å². The summed E-state index contributed by atoms with van der Waals surface area (Å²) in [5.74, 6) is 2.09. The van der Waals surface area contributed by atoms with E-state index in [1.54, 1.807) is 7.11 Å². The first-order chi connectivity index (χ1) is 11.2. The largest absolute Gasteiger partial charge is 0.493 e. The number of amides is 1. The van der Waals surface area contributed by atoms with Crippen LogP contribution in [0.3, 0.4) is 0 Å². The van der Waals surface area contributed by atoms with Crippen LogP contribution in [0.15, 0.2) is 18.2 Å². The molecule has 0 saturated carbocycles. The van der Waals surface area contributed by atoms with Gasteiger partial charge >= 0.3 is 0 Å². The Morgan fingerprint density at radius 1 is 1.30 bits per heavy atom. The lowest BCUT2D eigenvalue weighted by atomic mass is 9.95. The molecular weight excluding hydrogens is 292 g/mol. The van der Waals surface area contributed by atoms with Crippen molar-refractivity contribution in [2.75, 3.05) is 39.9 Å². The van der Waals surface area contributed by atoms with E-state index in [1.165, 1.54) is 5.56 Å². The Balaban J connectivity index is 1.92. The number of carbonyl (C=O) groups is 1. The molecule has 2 rings (SSSR count). The second-order valence-electron chi connectivity index (χ2n) is 5.91. The lowest BCUT2D eigenvalue weighted by Gasteiger charge is -2.28. The summed E-state index contributed by atoms with van der Waals surface area (Å²) in [6, 6.07) is 6.03. The highest BCUT2D eigenvalue weighted by Crippen LogP contribution is 2.32. The summed E-state index contributed by atoms with van der Waals surface area (Å²) in [5.41, 5.74) is 1.18. The average Bonchev–Trinajstić information content (AvgIpc) is 2.60. The van der Waals surface area contributed by atoms with Crippen LogP contribution in [-0.2, 0) is 4.79 Å². The van der Waals surface area contributed by atoms with Crippen molar-refractivity contribution in [3.8, 4) is 11.5 Å². The van der Waals surface area contributed by atoms with Crippen molar-refractivity contribution in [3.05, 3.63) is 23.8 Å². The van der Waals surface area contributed by atoms with E-state index in [0.29, 0.717) is 18.9 Å². The first-order valence-corrected chi connectivity index (χ1v) is 8.45. The monoisotopic (exact) mass is 320 g/mol. The maximum Gasteiger partial charge on any atom is 0.222 e. The molecule has 0 aliphatic carbocycles. The molecule has 1 aromatic carbocycles. The minimum absolute atomic E-state index is 0.260. The molecule has 1 saturated heterocycles. The normalized spacial score (nSPS) is 16.0. The van der Waals surface area contributed by atoms with E-state index in [-0.39, 0.29) is 5.91 Å². The molecule has 128 valence electrons. The Hall–Kier alpha value is -1.75. The minimum Gasteiger partial charge on any atom is -0.493 e. The molecule has 1 aliphatic heterocycles. The zero-order valence-corrected chi connectivity index (χ0v) is 14.4. The number of carbonyl (C=O) groups excluding carboxylic acids is 1. The topological polar surface area (TPSA) is 50.8 Å². The van der Waals surface area contributed by atoms with Crippen LogP contribution in [-0.4, -0.2) is 50.7 Å². The molecule has 5 heteroatoms. The van der Waals surface area contributed by atoms with E-state index in [1.807, 2.05) is 24.0 Å². The van der Waals surface area contributed by atoms with Gasteiger partial charge in [-0.25, -0.2) is 0 Å². The van der Waals surface area contributed by atoms with Crippen molar-refractivity contribution in [1.29, 1.82) is 0 Å². The molecule has 0 radical (unpaired) electrons. The molecule has 5 nitrogen and oxygen atoms in total. The van der Waals surface area contributed by atoms with Crippen LogP contribution in [0.5, 0.6) is 11.5 Å². The van der Waals surface area contributed by atoms with Crippen molar-refractivity contribution in [1.82, 2.24) is 10.2 Å². The number of methoxy groups -OCH3 is 1. The van der Waals surface area contributed by atoms with E-state index in [9.17, 15) is 4.79 Å². The smallest absolute Gasteiger partial charge is 0.222 e. The van der Waals surface area contributed by atoms with E-state index in [0.717, 1.165) is 44.1 Å². The predicted molar refractivity (Wildman–Crippen MR) is 91.3 cm³/mol. The number of hydrogen-bond donors (Lipinski definition) is 1. The first kappa shape index (κ1) is 17.6. The average molecular weight is 320 g/mol. The Morgan fingerprint density at radius 3 is 2.70 bits per heavy atom. The lowest BCUT2D eigenvalue weighted by molar-refractivity contribution is -0.131. The molecule has 23 heavy (non-hydrogen) atoms. The second kappa shape index (κ2) is 8.77. The fraction of sp³-hybridized carbons (Fsp3) is 0.611. The van der Waals surface area contributed by atoms with Gasteiger partial charge < -0.3 is 19.7 Å². The Labute approximate surface area is 139 Å². The van der Waals surface area contributed by atoms with Crippen molar-refractivity contribution in [2.45, 2.75) is 32.6 Å². The summed E-state index contributed by atoms with van der Waals surface area (Å²) >= 11 is 0. The highest BCUT2D eigenvalue weighted by atomic mass is 16.5. The number of rotatable bonds is 7. The fourth-order valence-electron chi connectivity index (χ4n) is 2.84. The van der Waals surface area contributed by atoms with Crippen LogP contribution in [0.4, 0.5) is 0 Å². The zero-order valence-electron chi connectivity index (χ0n) is 14.4.